The molecular formula is C17H14N2O3. The van der Waals surface area contributed by atoms with Gasteiger partial charge >= 0.3 is 0 Å². The highest BCUT2D eigenvalue weighted by Gasteiger charge is 2.17. The van der Waals surface area contributed by atoms with E-state index in [2.05, 4.69) is 4.98 Å². The number of fused-ring (bicyclic) bond motifs is 1. The third-order valence-electron chi connectivity index (χ3n) is 3.63. The zero-order valence-corrected chi connectivity index (χ0v) is 12.0. The number of aromatic nitrogens is 2. The molecule has 3 rings (SSSR count). The van der Waals surface area contributed by atoms with Gasteiger partial charge in [-0.05, 0) is 24.3 Å². The Labute approximate surface area is 127 Å². The highest BCUT2D eigenvalue weighted by molar-refractivity contribution is 6.05. The Kier molecular flexibility index (Phi) is 3.70. The average molecular weight is 294 g/mol. The van der Waals surface area contributed by atoms with Crippen LogP contribution in [0.3, 0.4) is 0 Å². The van der Waals surface area contributed by atoms with Crippen molar-refractivity contribution in [3.05, 3.63) is 59.5 Å². The molecule has 2 aromatic heterocycles. The molecule has 22 heavy (non-hydrogen) atoms. The van der Waals surface area contributed by atoms with Gasteiger partial charge in [-0.15, -0.1) is 0 Å². The number of rotatable bonds is 5. The number of hydrogen-bond acceptors (Lipinski definition) is 4. The number of carbonyl (C=O) groups is 2. The van der Waals surface area contributed by atoms with Crippen LogP contribution in [0.25, 0.3) is 10.9 Å². The molecule has 0 saturated carbocycles. The molecule has 0 aliphatic heterocycles. The summed E-state index contributed by atoms with van der Waals surface area (Å²) in [6.07, 6.45) is 3.12. The molecule has 0 bridgehead atoms. The first kappa shape index (κ1) is 14.0. The molecule has 5 heteroatoms. The highest BCUT2D eigenvalue weighted by Crippen LogP contribution is 2.28. The summed E-state index contributed by atoms with van der Waals surface area (Å²) in [5, 5.41) is 0.730. The van der Waals surface area contributed by atoms with Crippen molar-refractivity contribution in [2.45, 2.75) is 6.54 Å². The molecule has 110 valence electrons. The lowest BCUT2D eigenvalue weighted by Gasteiger charge is -2.08. The maximum Gasteiger partial charge on any atom is 0.167 e. The summed E-state index contributed by atoms with van der Waals surface area (Å²) in [6.45, 7) is 0.409. The van der Waals surface area contributed by atoms with E-state index >= 15 is 0 Å². The van der Waals surface area contributed by atoms with Gasteiger partial charge in [0.2, 0.25) is 0 Å². The summed E-state index contributed by atoms with van der Waals surface area (Å²) in [7, 11) is 1.58. The van der Waals surface area contributed by atoms with Crippen molar-refractivity contribution in [2.24, 2.45) is 0 Å². The van der Waals surface area contributed by atoms with E-state index in [1.54, 1.807) is 30.0 Å². The van der Waals surface area contributed by atoms with Crippen LogP contribution in [-0.4, -0.2) is 29.2 Å². The summed E-state index contributed by atoms with van der Waals surface area (Å²) in [5.74, 6) is 0.669. The fraction of sp³-hybridized carbons (Fsp3) is 0.118. The first-order valence-electron chi connectivity index (χ1n) is 6.79. The lowest BCUT2D eigenvalue weighted by atomic mass is 10.1. The van der Waals surface area contributed by atoms with Crippen LogP contribution in [0.4, 0.5) is 0 Å². The minimum atomic E-state index is 0.351. The first-order valence-corrected chi connectivity index (χ1v) is 6.79. The Morgan fingerprint density at radius 1 is 1.18 bits per heavy atom. The second-order valence-electron chi connectivity index (χ2n) is 4.82. The summed E-state index contributed by atoms with van der Waals surface area (Å²) in [5.41, 5.74) is 2.32. The molecule has 0 aliphatic rings. The molecule has 0 amide bonds. The van der Waals surface area contributed by atoms with Crippen molar-refractivity contribution < 1.29 is 14.3 Å². The molecule has 5 nitrogen and oxygen atoms in total. The van der Waals surface area contributed by atoms with E-state index in [9.17, 15) is 9.59 Å². The number of benzene rings is 1. The molecule has 1 aromatic carbocycles. The Morgan fingerprint density at radius 3 is 2.68 bits per heavy atom. The van der Waals surface area contributed by atoms with E-state index in [4.69, 9.17) is 4.74 Å². The number of carbonyl (C=O) groups excluding carboxylic acids is 2. The minimum Gasteiger partial charge on any atom is -0.497 e. The van der Waals surface area contributed by atoms with Crippen molar-refractivity contribution in [1.29, 1.82) is 0 Å². The van der Waals surface area contributed by atoms with E-state index in [1.807, 2.05) is 24.3 Å². The topological polar surface area (TPSA) is 61.2 Å². The minimum absolute atomic E-state index is 0.351. The van der Waals surface area contributed by atoms with Crippen LogP contribution < -0.4 is 4.74 Å². The smallest absolute Gasteiger partial charge is 0.167 e. The normalized spacial score (nSPS) is 10.6. The summed E-state index contributed by atoms with van der Waals surface area (Å²) in [4.78, 5) is 27.2. The monoisotopic (exact) mass is 294 g/mol. The van der Waals surface area contributed by atoms with Gasteiger partial charge in [-0.3, -0.25) is 14.6 Å². The summed E-state index contributed by atoms with van der Waals surface area (Å²) >= 11 is 0. The van der Waals surface area contributed by atoms with E-state index in [0.717, 1.165) is 16.6 Å². The fourth-order valence-corrected chi connectivity index (χ4v) is 2.58. The Morgan fingerprint density at radius 2 is 2.05 bits per heavy atom. The van der Waals surface area contributed by atoms with E-state index in [-0.39, 0.29) is 0 Å². The van der Waals surface area contributed by atoms with Crippen molar-refractivity contribution >= 4 is 23.5 Å². The number of hydrogen-bond donors (Lipinski definition) is 0. The third kappa shape index (κ3) is 2.26. The molecule has 0 radical (unpaired) electrons. The maximum atomic E-state index is 11.5. The van der Waals surface area contributed by atoms with E-state index < -0.39 is 0 Å². The molecular weight excluding hydrogens is 280 g/mol. The molecule has 0 N–H and O–H groups in total. The van der Waals surface area contributed by atoms with Gasteiger partial charge in [-0.25, -0.2) is 0 Å². The first-order chi connectivity index (χ1) is 10.8. The lowest BCUT2D eigenvalue weighted by molar-refractivity contribution is 0.109. The molecule has 0 fully saturated rings. The quantitative estimate of drug-likeness (QED) is 0.679. The van der Waals surface area contributed by atoms with Gasteiger partial charge in [0.05, 0.1) is 36.1 Å². The highest BCUT2D eigenvalue weighted by atomic mass is 16.5. The molecule has 0 atom stereocenters. The summed E-state index contributed by atoms with van der Waals surface area (Å²) in [6, 6.07) is 11.0. The Balaban J connectivity index is 2.25. The van der Waals surface area contributed by atoms with Crippen LogP contribution >= 0.6 is 0 Å². The van der Waals surface area contributed by atoms with Gasteiger partial charge in [-0.2, -0.15) is 0 Å². The number of nitrogens with zero attached hydrogens (tertiary/aromatic N) is 2. The third-order valence-corrected chi connectivity index (χ3v) is 3.63. The second kappa shape index (κ2) is 5.81. The van der Waals surface area contributed by atoms with Gasteiger partial charge in [0.25, 0.3) is 0 Å². The van der Waals surface area contributed by atoms with Crippen molar-refractivity contribution in [3.63, 3.8) is 0 Å². The van der Waals surface area contributed by atoms with E-state index in [1.165, 1.54) is 0 Å². The van der Waals surface area contributed by atoms with Crippen LogP contribution in [-0.2, 0) is 6.54 Å². The number of aldehydes is 2. The number of ether oxygens (including phenoxy) is 1. The van der Waals surface area contributed by atoms with Crippen molar-refractivity contribution in [2.75, 3.05) is 7.11 Å². The van der Waals surface area contributed by atoms with Gasteiger partial charge < -0.3 is 9.30 Å². The lowest BCUT2D eigenvalue weighted by Crippen LogP contribution is -2.06. The molecule has 2 heterocycles. The molecule has 0 unspecified atom stereocenters. The van der Waals surface area contributed by atoms with Crippen LogP contribution in [0.2, 0.25) is 0 Å². The second-order valence-corrected chi connectivity index (χ2v) is 4.82. The van der Waals surface area contributed by atoms with Crippen LogP contribution in [0.5, 0.6) is 5.75 Å². The maximum absolute atomic E-state index is 11.5. The van der Waals surface area contributed by atoms with Crippen molar-refractivity contribution in [1.82, 2.24) is 9.55 Å². The van der Waals surface area contributed by atoms with Crippen LogP contribution in [0, 0.1) is 0 Å². The fourth-order valence-electron chi connectivity index (χ4n) is 2.58. The van der Waals surface area contributed by atoms with Gasteiger partial charge in [-0.1, -0.05) is 6.07 Å². The van der Waals surface area contributed by atoms with Gasteiger partial charge in [0.1, 0.15) is 5.75 Å². The zero-order valence-electron chi connectivity index (χ0n) is 12.0. The molecule has 0 saturated heterocycles. The van der Waals surface area contributed by atoms with E-state index in [0.29, 0.717) is 36.1 Å². The average Bonchev–Trinajstić information content (AvgIpc) is 2.87. The summed E-state index contributed by atoms with van der Waals surface area (Å²) < 4.78 is 7.03. The Hall–Kier alpha value is -2.95. The van der Waals surface area contributed by atoms with Crippen LogP contribution in [0.15, 0.2) is 42.6 Å². The van der Waals surface area contributed by atoms with Crippen LogP contribution in [0.1, 0.15) is 26.5 Å². The zero-order chi connectivity index (χ0) is 15.5. The molecule has 3 aromatic rings. The largest absolute Gasteiger partial charge is 0.497 e. The van der Waals surface area contributed by atoms with Crippen molar-refractivity contribution in [3.8, 4) is 5.75 Å². The predicted molar refractivity (Wildman–Crippen MR) is 82.6 cm³/mol. The van der Waals surface area contributed by atoms with Gasteiger partial charge in [0, 0.05) is 17.6 Å². The Bertz CT molecular complexity index is 838. The predicted octanol–water partition coefficient (Wildman–Crippen LogP) is 2.72. The number of pyridine rings is 1. The number of methoxy groups -OCH3 is 1. The molecule has 0 spiro atoms. The SMILES string of the molecule is COc1ccc2c(C=O)c(C=O)n(Cc3ccccn3)c2c1. The molecule has 0 aliphatic carbocycles. The standard InChI is InChI=1S/C17H14N2O3/c1-22-13-5-6-14-15(10-20)17(11-21)19(16(14)8-13)9-12-4-2-3-7-18-12/h2-8,10-11H,9H2,1H3. The van der Waals surface area contributed by atoms with Gasteiger partial charge in [0.15, 0.2) is 12.6 Å².